The molecular weight excluding hydrogens is 350 g/mol. The molecule has 6 heteroatoms. The molecule has 0 aliphatic rings. The lowest BCUT2D eigenvalue weighted by atomic mass is 10.1. The fourth-order valence-corrected chi connectivity index (χ4v) is 3.27. The lowest BCUT2D eigenvalue weighted by Gasteiger charge is -2.06. The fourth-order valence-electron chi connectivity index (χ4n) is 2.39. The van der Waals surface area contributed by atoms with E-state index in [2.05, 4.69) is 4.98 Å². The molecule has 0 aliphatic carbocycles. The highest BCUT2D eigenvalue weighted by Crippen LogP contribution is 2.22. The topological polar surface area (TPSA) is 65.5 Å². The molecule has 5 nitrogen and oxygen atoms in total. The smallest absolute Gasteiger partial charge is 0.306 e. The third-order valence-corrected chi connectivity index (χ3v) is 4.76. The second kappa shape index (κ2) is 8.58. The van der Waals surface area contributed by atoms with Crippen molar-refractivity contribution >= 4 is 33.3 Å². The van der Waals surface area contributed by atoms with Crippen LogP contribution in [0.15, 0.2) is 48.5 Å². The van der Waals surface area contributed by atoms with E-state index in [1.807, 2.05) is 24.3 Å². The van der Waals surface area contributed by atoms with E-state index in [1.165, 1.54) is 18.3 Å². The van der Waals surface area contributed by atoms with Crippen LogP contribution >= 0.6 is 11.3 Å². The van der Waals surface area contributed by atoms with Gasteiger partial charge in [0.1, 0.15) is 17.4 Å². The number of hydrogen-bond acceptors (Lipinski definition) is 6. The van der Waals surface area contributed by atoms with Gasteiger partial charge in [0.2, 0.25) is 0 Å². The summed E-state index contributed by atoms with van der Waals surface area (Å²) in [5.41, 5.74) is 1.57. The molecule has 2 aromatic carbocycles. The first-order valence-corrected chi connectivity index (χ1v) is 9.17. The normalized spacial score (nSPS) is 10.7. The maximum Gasteiger partial charge on any atom is 0.306 e. The van der Waals surface area contributed by atoms with Crippen molar-refractivity contribution in [3.05, 3.63) is 59.1 Å². The van der Waals surface area contributed by atoms with E-state index in [4.69, 9.17) is 9.47 Å². The van der Waals surface area contributed by atoms with Crippen molar-refractivity contribution in [2.75, 3.05) is 6.61 Å². The van der Waals surface area contributed by atoms with Crippen molar-refractivity contribution in [1.29, 1.82) is 0 Å². The Morgan fingerprint density at radius 2 is 1.85 bits per heavy atom. The minimum absolute atomic E-state index is 0.0208. The SMILES string of the molecule is CC(=O)c1ccc(OCCCC(=O)OCc2nc3ccccc3s2)cc1. The van der Waals surface area contributed by atoms with Crippen molar-refractivity contribution < 1.29 is 19.1 Å². The van der Waals surface area contributed by atoms with E-state index in [0.717, 1.165) is 15.2 Å². The summed E-state index contributed by atoms with van der Waals surface area (Å²) in [6.07, 6.45) is 0.851. The van der Waals surface area contributed by atoms with Gasteiger partial charge in [0.15, 0.2) is 5.78 Å². The average molecular weight is 369 g/mol. The maximum absolute atomic E-state index is 11.8. The number of thiazole rings is 1. The summed E-state index contributed by atoms with van der Waals surface area (Å²) in [7, 11) is 0. The Morgan fingerprint density at radius 1 is 1.08 bits per heavy atom. The summed E-state index contributed by atoms with van der Waals surface area (Å²) in [5.74, 6) is 0.435. The largest absolute Gasteiger partial charge is 0.494 e. The van der Waals surface area contributed by atoms with Gasteiger partial charge in [0.25, 0.3) is 0 Å². The van der Waals surface area contributed by atoms with Crippen LogP contribution in [0.1, 0.15) is 35.1 Å². The van der Waals surface area contributed by atoms with E-state index >= 15 is 0 Å². The standard InChI is InChI=1S/C20H19NO4S/c1-14(22)15-8-10-16(11-9-15)24-12-4-7-20(23)25-13-19-21-17-5-2-3-6-18(17)26-19/h2-3,5-6,8-11H,4,7,12-13H2,1H3. The Kier molecular flexibility index (Phi) is 5.96. The summed E-state index contributed by atoms with van der Waals surface area (Å²) in [5, 5.41) is 0.793. The van der Waals surface area contributed by atoms with Crippen molar-refractivity contribution in [2.45, 2.75) is 26.4 Å². The number of esters is 1. The van der Waals surface area contributed by atoms with Crippen molar-refractivity contribution in [3.8, 4) is 5.75 Å². The molecule has 0 unspecified atom stereocenters. The lowest BCUT2D eigenvalue weighted by Crippen LogP contribution is -2.07. The van der Waals surface area contributed by atoms with Crippen molar-refractivity contribution in [1.82, 2.24) is 4.98 Å². The fraction of sp³-hybridized carbons (Fsp3) is 0.250. The molecule has 0 fully saturated rings. The number of ether oxygens (including phenoxy) is 2. The first-order chi connectivity index (χ1) is 12.6. The maximum atomic E-state index is 11.8. The molecule has 0 spiro atoms. The van der Waals surface area contributed by atoms with Crippen LogP contribution in [-0.4, -0.2) is 23.3 Å². The number of Topliss-reactive ketones (excluding diaryl/α,β-unsaturated/α-hetero) is 1. The molecule has 26 heavy (non-hydrogen) atoms. The second-order valence-electron chi connectivity index (χ2n) is 5.77. The molecule has 0 amide bonds. The van der Waals surface area contributed by atoms with Crippen LogP contribution in [-0.2, 0) is 16.1 Å². The van der Waals surface area contributed by atoms with Crippen LogP contribution in [0.2, 0.25) is 0 Å². The molecular formula is C20H19NO4S. The molecule has 1 aromatic heterocycles. The van der Waals surface area contributed by atoms with Crippen molar-refractivity contribution in [3.63, 3.8) is 0 Å². The van der Waals surface area contributed by atoms with Gasteiger partial charge in [-0.1, -0.05) is 12.1 Å². The van der Waals surface area contributed by atoms with Gasteiger partial charge in [-0.05, 0) is 49.7 Å². The highest BCUT2D eigenvalue weighted by atomic mass is 32.1. The third-order valence-electron chi connectivity index (χ3n) is 3.75. The predicted octanol–water partition coefficient (Wildman–Crippen LogP) is 4.40. The molecule has 0 aliphatic heterocycles. The molecule has 0 saturated heterocycles. The number of fused-ring (bicyclic) bond motifs is 1. The molecule has 1 heterocycles. The van der Waals surface area contributed by atoms with Crippen LogP contribution in [0.4, 0.5) is 0 Å². The van der Waals surface area contributed by atoms with Gasteiger partial charge in [-0.2, -0.15) is 0 Å². The summed E-state index contributed by atoms with van der Waals surface area (Å²) in [6.45, 7) is 2.14. The number of aromatic nitrogens is 1. The highest BCUT2D eigenvalue weighted by molar-refractivity contribution is 7.18. The zero-order chi connectivity index (χ0) is 18.4. The number of carbonyl (C=O) groups excluding carboxylic acids is 2. The number of carbonyl (C=O) groups is 2. The number of ketones is 1. The lowest BCUT2D eigenvalue weighted by molar-refractivity contribution is -0.145. The minimum Gasteiger partial charge on any atom is -0.494 e. The molecule has 0 saturated carbocycles. The molecule has 0 N–H and O–H groups in total. The summed E-state index contributed by atoms with van der Waals surface area (Å²) in [6, 6.07) is 14.8. The van der Waals surface area contributed by atoms with E-state index in [9.17, 15) is 9.59 Å². The number of para-hydroxylation sites is 1. The first-order valence-electron chi connectivity index (χ1n) is 8.36. The second-order valence-corrected chi connectivity index (χ2v) is 6.88. The van der Waals surface area contributed by atoms with Gasteiger partial charge in [-0.3, -0.25) is 9.59 Å². The van der Waals surface area contributed by atoms with E-state index < -0.39 is 0 Å². The van der Waals surface area contributed by atoms with E-state index in [-0.39, 0.29) is 24.8 Å². The average Bonchev–Trinajstić information content (AvgIpc) is 3.07. The summed E-state index contributed by atoms with van der Waals surface area (Å²) in [4.78, 5) is 27.5. The zero-order valence-corrected chi connectivity index (χ0v) is 15.3. The van der Waals surface area contributed by atoms with Crippen LogP contribution in [0.25, 0.3) is 10.2 Å². The van der Waals surface area contributed by atoms with Gasteiger partial charge in [-0.25, -0.2) is 4.98 Å². The molecule has 0 bridgehead atoms. The molecule has 0 atom stereocenters. The van der Waals surface area contributed by atoms with Crippen LogP contribution in [0.3, 0.4) is 0 Å². The molecule has 134 valence electrons. The Hall–Kier alpha value is -2.73. The molecule has 3 aromatic rings. The quantitative estimate of drug-likeness (QED) is 0.334. The Labute approximate surface area is 155 Å². The van der Waals surface area contributed by atoms with E-state index in [1.54, 1.807) is 24.3 Å². The number of hydrogen-bond donors (Lipinski definition) is 0. The molecule has 0 radical (unpaired) electrons. The Balaban J connectivity index is 1.36. The van der Waals surface area contributed by atoms with Crippen LogP contribution in [0, 0.1) is 0 Å². The van der Waals surface area contributed by atoms with Gasteiger partial charge in [-0.15, -0.1) is 11.3 Å². The van der Waals surface area contributed by atoms with Gasteiger partial charge in [0, 0.05) is 12.0 Å². The zero-order valence-electron chi connectivity index (χ0n) is 14.4. The monoisotopic (exact) mass is 369 g/mol. The number of benzene rings is 2. The Morgan fingerprint density at radius 3 is 2.58 bits per heavy atom. The number of rotatable bonds is 8. The van der Waals surface area contributed by atoms with Crippen LogP contribution in [0.5, 0.6) is 5.75 Å². The molecule has 3 rings (SSSR count). The van der Waals surface area contributed by atoms with Gasteiger partial charge < -0.3 is 9.47 Å². The summed E-state index contributed by atoms with van der Waals surface area (Å²) < 4.78 is 11.9. The van der Waals surface area contributed by atoms with Crippen LogP contribution < -0.4 is 4.74 Å². The van der Waals surface area contributed by atoms with Gasteiger partial charge >= 0.3 is 5.97 Å². The van der Waals surface area contributed by atoms with Crippen molar-refractivity contribution in [2.24, 2.45) is 0 Å². The Bertz CT molecular complexity index is 869. The predicted molar refractivity (Wildman–Crippen MR) is 101 cm³/mol. The summed E-state index contributed by atoms with van der Waals surface area (Å²) >= 11 is 1.53. The highest BCUT2D eigenvalue weighted by Gasteiger charge is 2.08. The van der Waals surface area contributed by atoms with Gasteiger partial charge in [0.05, 0.1) is 16.8 Å². The number of nitrogens with zero attached hydrogens (tertiary/aromatic N) is 1. The third kappa shape index (κ3) is 4.89. The van der Waals surface area contributed by atoms with E-state index in [0.29, 0.717) is 24.3 Å². The first kappa shape index (κ1) is 18.1. The minimum atomic E-state index is -0.264.